The molecule has 20 heavy (non-hydrogen) atoms. The first-order valence-electron chi connectivity index (χ1n) is 6.08. The Balaban J connectivity index is 2.37. The maximum absolute atomic E-state index is 12.0. The monoisotopic (exact) mass is 274 g/mol. The molecule has 0 atom stereocenters. The van der Waals surface area contributed by atoms with E-state index in [1.54, 1.807) is 19.3 Å². The second-order valence-corrected chi connectivity index (χ2v) is 4.46. The molecule has 0 aromatic carbocycles. The van der Waals surface area contributed by atoms with Gasteiger partial charge in [0.2, 0.25) is 0 Å². The second-order valence-electron chi connectivity index (χ2n) is 4.46. The van der Waals surface area contributed by atoms with Crippen LogP contribution >= 0.6 is 0 Å². The summed E-state index contributed by atoms with van der Waals surface area (Å²) in [5.41, 5.74) is 1.43. The number of carbonyl (C=O) groups is 1. The van der Waals surface area contributed by atoms with Crippen LogP contribution in [0.5, 0.6) is 0 Å². The highest BCUT2D eigenvalue weighted by Gasteiger charge is 2.12. The van der Waals surface area contributed by atoms with Gasteiger partial charge >= 0.3 is 5.97 Å². The van der Waals surface area contributed by atoms with Gasteiger partial charge in [-0.05, 0) is 25.8 Å². The first-order valence-corrected chi connectivity index (χ1v) is 6.08. The lowest BCUT2D eigenvalue weighted by Gasteiger charge is -2.05. The van der Waals surface area contributed by atoms with Crippen LogP contribution in [0.1, 0.15) is 23.2 Å². The third kappa shape index (κ3) is 3.05. The molecule has 2 aromatic rings. The molecule has 0 radical (unpaired) electrons. The average Bonchev–Trinajstić information content (AvgIpc) is 2.38. The topological polar surface area (TPSA) is 109 Å². The quantitative estimate of drug-likeness (QED) is 0.855. The Hall–Kier alpha value is -2.57. The molecule has 0 amide bonds. The molecular formula is C13H14N4O3. The minimum absolute atomic E-state index is 0.105. The Morgan fingerprint density at radius 3 is 2.50 bits per heavy atom. The van der Waals surface area contributed by atoms with Gasteiger partial charge in [-0.2, -0.15) is 0 Å². The zero-order valence-electron chi connectivity index (χ0n) is 11.2. The molecule has 7 nitrogen and oxygen atoms in total. The van der Waals surface area contributed by atoms with Crippen LogP contribution in [0.15, 0.2) is 17.2 Å². The van der Waals surface area contributed by atoms with Gasteiger partial charge in [0.1, 0.15) is 0 Å². The normalized spacial score (nSPS) is 10.5. The van der Waals surface area contributed by atoms with Crippen LogP contribution in [-0.4, -0.2) is 31.0 Å². The fourth-order valence-corrected chi connectivity index (χ4v) is 1.76. The number of aromatic amines is 1. The van der Waals surface area contributed by atoms with E-state index in [1.807, 2.05) is 6.92 Å². The van der Waals surface area contributed by atoms with E-state index >= 15 is 0 Å². The molecule has 0 aliphatic carbocycles. The van der Waals surface area contributed by atoms with Crippen molar-refractivity contribution < 1.29 is 9.90 Å². The molecule has 0 spiro atoms. The molecule has 2 rings (SSSR count). The van der Waals surface area contributed by atoms with Crippen LogP contribution in [0.2, 0.25) is 0 Å². The standard InChI is InChI=1S/C13H14N4O3/c1-7-5-14-11(15-6-7)12-16-8(2)9(13(20)17-12)3-4-10(18)19/h5-6H,3-4H2,1-2H3,(H,18,19)(H,16,17,20). The minimum atomic E-state index is -0.949. The van der Waals surface area contributed by atoms with Gasteiger partial charge in [-0.25, -0.2) is 15.0 Å². The Morgan fingerprint density at radius 2 is 1.95 bits per heavy atom. The molecule has 0 aliphatic rings. The number of hydrogen-bond donors (Lipinski definition) is 2. The van der Waals surface area contributed by atoms with E-state index < -0.39 is 5.97 Å². The van der Waals surface area contributed by atoms with E-state index in [0.29, 0.717) is 17.1 Å². The highest BCUT2D eigenvalue weighted by molar-refractivity contribution is 5.67. The van der Waals surface area contributed by atoms with Crippen molar-refractivity contribution in [1.29, 1.82) is 0 Å². The van der Waals surface area contributed by atoms with E-state index in [4.69, 9.17) is 5.11 Å². The molecule has 104 valence electrons. The highest BCUT2D eigenvalue weighted by atomic mass is 16.4. The van der Waals surface area contributed by atoms with E-state index in [1.165, 1.54) is 0 Å². The number of nitrogens with one attached hydrogen (secondary N) is 1. The van der Waals surface area contributed by atoms with E-state index in [9.17, 15) is 9.59 Å². The van der Waals surface area contributed by atoms with Crippen molar-refractivity contribution in [3.8, 4) is 11.6 Å². The van der Waals surface area contributed by atoms with E-state index in [0.717, 1.165) is 5.56 Å². The van der Waals surface area contributed by atoms with Crippen LogP contribution in [0.25, 0.3) is 11.6 Å². The van der Waals surface area contributed by atoms with Crippen molar-refractivity contribution in [2.75, 3.05) is 0 Å². The summed E-state index contributed by atoms with van der Waals surface area (Å²) in [6.07, 6.45) is 3.32. The molecule has 0 saturated carbocycles. The number of rotatable bonds is 4. The van der Waals surface area contributed by atoms with Gasteiger partial charge in [-0.3, -0.25) is 9.59 Å². The van der Waals surface area contributed by atoms with Crippen LogP contribution in [0, 0.1) is 13.8 Å². The summed E-state index contributed by atoms with van der Waals surface area (Å²) in [6.45, 7) is 3.53. The highest BCUT2D eigenvalue weighted by Crippen LogP contribution is 2.10. The molecule has 2 heterocycles. The number of aliphatic carboxylic acids is 1. The number of aromatic nitrogens is 4. The van der Waals surface area contributed by atoms with Crippen LogP contribution in [0.4, 0.5) is 0 Å². The molecule has 7 heteroatoms. The molecule has 2 N–H and O–H groups in total. The Labute approximate surface area is 114 Å². The molecular weight excluding hydrogens is 260 g/mol. The van der Waals surface area contributed by atoms with Gasteiger partial charge in [0.25, 0.3) is 5.56 Å². The Kier molecular flexibility index (Phi) is 3.88. The Bertz CT molecular complexity index is 692. The summed E-state index contributed by atoms with van der Waals surface area (Å²) in [6, 6.07) is 0. The van der Waals surface area contributed by atoms with Gasteiger partial charge in [-0.1, -0.05) is 0 Å². The summed E-state index contributed by atoms with van der Waals surface area (Å²) < 4.78 is 0. The predicted octanol–water partition coefficient (Wildman–Crippen LogP) is 0.861. The summed E-state index contributed by atoms with van der Waals surface area (Å²) in [7, 11) is 0. The van der Waals surface area contributed by atoms with Crippen LogP contribution in [-0.2, 0) is 11.2 Å². The summed E-state index contributed by atoms with van der Waals surface area (Å²) >= 11 is 0. The lowest BCUT2D eigenvalue weighted by molar-refractivity contribution is -0.136. The zero-order valence-corrected chi connectivity index (χ0v) is 11.2. The van der Waals surface area contributed by atoms with Crippen molar-refractivity contribution in [2.24, 2.45) is 0 Å². The molecule has 0 aliphatic heterocycles. The minimum Gasteiger partial charge on any atom is -0.481 e. The molecule has 0 bridgehead atoms. The summed E-state index contributed by atoms with van der Waals surface area (Å²) in [5, 5.41) is 8.66. The molecule has 0 saturated heterocycles. The first kappa shape index (κ1) is 13.9. The van der Waals surface area contributed by atoms with Crippen molar-refractivity contribution >= 4 is 5.97 Å². The Morgan fingerprint density at radius 1 is 1.30 bits per heavy atom. The van der Waals surface area contributed by atoms with Gasteiger partial charge in [0.05, 0.1) is 0 Å². The summed E-state index contributed by atoms with van der Waals surface area (Å²) in [4.78, 5) is 37.6. The molecule has 0 unspecified atom stereocenters. The number of hydrogen-bond acceptors (Lipinski definition) is 5. The molecule has 0 fully saturated rings. The fraction of sp³-hybridized carbons (Fsp3) is 0.308. The van der Waals surface area contributed by atoms with Gasteiger partial charge in [-0.15, -0.1) is 0 Å². The maximum Gasteiger partial charge on any atom is 0.303 e. The van der Waals surface area contributed by atoms with Gasteiger partial charge in [0.15, 0.2) is 11.6 Å². The predicted molar refractivity (Wildman–Crippen MR) is 71.3 cm³/mol. The number of carboxylic acid groups (broad SMARTS) is 1. The van der Waals surface area contributed by atoms with E-state index in [2.05, 4.69) is 19.9 Å². The fourth-order valence-electron chi connectivity index (χ4n) is 1.76. The third-order valence-electron chi connectivity index (χ3n) is 2.80. The number of carboxylic acids is 1. The average molecular weight is 274 g/mol. The van der Waals surface area contributed by atoms with Crippen molar-refractivity contribution in [2.45, 2.75) is 26.7 Å². The largest absolute Gasteiger partial charge is 0.481 e. The first-order chi connectivity index (χ1) is 9.47. The van der Waals surface area contributed by atoms with E-state index in [-0.39, 0.29) is 24.2 Å². The number of nitrogens with zero attached hydrogens (tertiary/aromatic N) is 3. The second kappa shape index (κ2) is 5.60. The van der Waals surface area contributed by atoms with Crippen molar-refractivity contribution in [3.63, 3.8) is 0 Å². The van der Waals surface area contributed by atoms with Crippen molar-refractivity contribution in [3.05, 3.63) is 39.6 Å². The SMILES string of the molecule is Cc1cnc(-c2nc(C)c(CCC(=O)O)c(=O)[nH]2)nc1. The smallest absolute Gasteiger partial charge is 0.303 e. The lowest BCUT2D eigenvalue weighted by atomic mass is 10.1. The zero-order chi connectivity index (χ0) is 14.7. The van der Waals surface area contributed by atoms with Gasteiger partial charge < -0.3 is 10.1 Å². The van der Waals surface area contributed by atoms with Gasteiger partial charge in [0, 0.05) is 30.1 Å². The third-order valence-corrected chi connectivity index (χ3v) is 2.80. The number of H-pyrrole nitrogens is 1. The van der Waals surface area contributed by atoms with Crippen LogP contribution < -0.4 is 5.56 Å². The number of aryl methyl sites for hydroxylation is 2. The van der Waals surface area contributed by atoms with Crippen LogP contribution in [0.3, 0.4) is 0 Å². The summed E-state index contributed by atoms with van der Waals surface area (Å²) in [5.74, 6) is -0.332. The van der Waals surface area contributed by atoms with Crippen molar-refractivity contribution in [1.82, 2.24) is 19.9 Å². The molecule has 2 aromatic heterocycles. The maximum atomic E-state index is 12.0. The lowest BCUT2D eigenvalue weighted by Crippen LogP contribution is -2.19.